The highest BCUT2D eigenvalue weighted by Crippen LogP contribution is 1.95. The van der Waals surface area contributed by atoms with Crippen LogP contribution in [0.2, 0.25) is 0 Å². The number of thiocarbonyl (C=S) groups is 1. The number of hydrogen-bond donors (Lipinski definition) is 2. The fourth-order valence-corrected chi connectivity index (χ4v) is 1.39. The molecule has 1 aromatic rings. The quantitative estimate of drug-likeness (QED) is 0.711. The van der Waals surface area contributed by atoms with E-state index in [4.69, 9.17) is 12.2 Å². The molecule has 0 saturated carbocycles. The summed E-state index contributed by atoms with van der Waals surface area (Å²) >= 11 is 5.03. The van der Waals surface area contributed by atoms with Crippen molar-refractivity contribution in [1.29, 1.82) is 0 Å². The van der Waals surface area contributed by atoms with Crippen molar-refractivity contribution in [2.24, 2.45) is 7.05 Å². The number of hydrogen-bond acceptors (Lipinski definition) is 2. The first-order valence-corrected chi connectivity index (χ1v) is 5.12. The molecule has 78 valence electrons. The van der Waals surface area contributed by atoms with Gasteiger partial charge in [0.1, 0.15) is 0 Å². The van der Waals surface area contributed by atoms with Crippen molar-refractivity contribution in [3.8, 4) is 0 Å². The Bertz CT molecular complexity index is 295. The topological polar surface area (TPSA) is 41.9 Å². The maximum absolute atomic E-state index is 5.03. The lowest BCUT2D eigenvalue weighted by Crippen LogP contribution is -2.36. The largest absolute Gasteiger partial charge is 0.363 e. The van der Waals surface area contributed by atoms with E-state index in [0.29, 0.717) is 0 Å². The molecular weight excluding hydrogens is 196 g/mol. The minimum atomic E-state index is 0.719. The Morgan fingerprint density at radius 2 is 2.36 bits per heavy atom. The average molecular weight is 212 g/mol. The highest BCUT2D eigenvalue weighted by molar-refractivity contribution is 7.80. The van der Waals surface area contributed by atoms with Crippen molar-refractivity contribution in [2.75, 3.05) is 13.1 Å². The number of rotatable bonds is 4. The molecule has 0 aliphatic carbocycles. The van der Waals surface area contributed by atoms with Gasteiger partial charge in [-0.3, -0.25) is 4.68 Å². The van der Waals surface area contributed by atoms with E-state index >= 15 is 0 Å². The second kappa shape index (κ2) is 5.59. The lowest BCUT2D eigenvalue weighted by atomic mass is 10.2. The van der Waals surface area contributed by atoms with E-state index in [1.54, 1.807) is 4.68 Å². The van der Waals surface area contributed by atoms with Crippen LogP contribution in [-0.2, 0) is 13.5 Å². The van der Waals surface area contributed by atoms with Crippen LogP contribution >= 0.6 is 12.2 Å². The molecule has 1 aromatic heterocycles. The molecule has 0 fully saturated rings. The van der Waals surface area contributed by atoms with Crippen LogP contribution in [0.15, 0.2) is 12.4 Å². The molecule has 0 aliphatic heterocycles. The number of aromatic nitrogens is 2. The molecule has 0 aromatic carbocycles. The van der Waals surface area contributed by atoms with E-state index in [1.807, 2.05) is 26.4 Å². The Hall–Kier alpha value is -1.10. The minimum absolute atomic E-state index is 0.719. The van der Waals surface area contributed by atoms with Crippen LogP contribution in [-0.4, -0.2) is 28.0 Å². The fraction of sp³-hybridized carbons (Fsp3) is 0.556. The van der Waals surface area contributed by atoms with Gasteiger partial charge in [-0.25, -0.2) is 0 Å². The van der Waals surface area contributed by atoms with Gasteiger partial charge in [0.25, 0.3) is 0 Å². The molecule has 4 nitrogen and oxygen atoms in total. The van der Waals surface area contributed by atoms with Crippen molar-refractivity contribution in [2.45, 2.75) is 13.3 Å². The zero-order valence-electron chi connectivity index (χ0n) is 8.58. The Kier molecular flexibility index (Phi) is 4.39. The summed E-state index contributed by atoms with van der Waals surface area (Å²) in [5, 5.41) is 11.0. The molecular formula is C9H16N4S. The van der Waals surface area contributed by atoms with E-state index in [0.717, 1.165) is 24.6 Å². The summed E-state index contributed by atoms with van der Waals surface area (Å²) in [7, 11) is 1.92. The molecule has 0 bridgehead atoms. The van der Waals surface area contributed by atoms with Gasteiger partial charge in [0, 0.05) is 26.3 Å². The van der Waals surface area contributed by atoms with Crippen LogP contribution in [0.1, 0.15) is 12.5 Å². The Morgan fingerprint density at radius 1 is 1.57 bits per heavy atom. The minimum Gasteiger partial charge on any atom is -0.363 e. The molecule has 0 aliphatic rings. The van der Waals surface area contributed by atoms with Gasteiger partial charge in [-0.15, -0.1) is 0 Å². The summed E-state index contributed by atoms with van der Waals surface area (Å²) in [6.45, 7) is 3.73. The zero-order valence-corrected chi connectivity index (χ0v) is 9.40. The molecule has 0 saturated heterocycles. The molecule has 0 spiro atoms. The molecule has 5 heteroatoms. The highest BCUT2D eigenvalue weighted by Gasteiger charge is 1.96. The van der Waals surface area contributed by atoms with Gasteiger partial charge in [0.05, 0.1) is 6.20 Å². The maximum Gasteiger partial charge on any atom is 0.166 e. The lowest BCUT2D eigenvalue weighted by Gasteiger charge is -2.07. The normalized spacial score (nSPS) is 9.86. The van der Waals surface area contributed by atoms with Crippen molar-refractivity contribution in [1.82, 2.24) is 20.4 Å². The standard InChI is InChI=1S/C9H16N4S/c1-3-10-9(14)11-5-4-8-6-12-13(2)7-8/h6-7H,3-5H2,1-2H3,(H2,10,11,14). The Labute approximate surface area is 89.7 Å². The van der Waals surface area contributed by atoms with Crippen LogP contribution in [0.3, 0.4) is 0 Å². The van der Waals surface area contributed by atoms with Crippen molar-refractivity contribution < 1.29 is 0 Å². The maximum atomic E-state index is 5.03. The fourth-order valence-electron chi connectivity index (χ4n) is 1.14. The average Bonchev–Trinajstić information content (AvgIpc) is 2.52. The van der Waals surface area contributed by atoms with Gasteiger partial charge >= 0.3 is 0 Å². The van der Waals surface area contributed by atoms with Crippen molar-refractivity contribution in [3.63, 3.8) is 0 Å². The molecule has 0 radical (unpaired) electrons. The first-order chi connectivity index (χ1) is 6.72. The lowest BCUT2D eigenvalue weighted by molar-refractivity contribution is 0.765. The number of nitrogens with zero attached hydrogens (tertiary/aromatic N) is 2. The summed E-state index contributed by atoms with van der Waals surface area (Å²) in [4.78, 5) is 0. The smallest absolute Gasteiger partial charge is 0.166 e. The predicted molar refractivity (Wildman–Crippen MR) is 61.2 cm³/mol. The van der Waals surface area contributed by atoms with Crippen LogP contribution < -0.4 is 10.6 Å². The van der Waals surface area contributed by atoms with Gasteiger partial charge in [0.15, 0.2) is 5.11 Å². The second-order valence-corrected chi connectivity index (χ2v) is 3.47. The molecule has 1 heterocycles. The summed E-state index contributed by atoms with van der Waals surface area (Å²) in [6.07, 6.45) is 4.83. The van der Waals surface area contributed by atoms with Crippen LogP contribution in [0.25, 0.3) is 0 Å². The third-order valence-corrected chi connectivity index (χ3v) is 2.08. The molecule has 2 N–H and O–H groups in total. The van der Waals surface area contributed by atoms with E-state index in [2.05, 4.69) is 15.7 Å². The number of nitrogens with one attached hydrogen (secondary N) is 2. The van der Waals surface area contributed by atoms with Gasteiger partial charge in [-0.2, -0.15) is 5.10 Å². The molecule has 0 unspecified atom stereocenters. The molecule has 1 rings (SSSR count). The summed E-state index contributed by atoms with van der Waals surface area (Å²) < 4.78 is 1.80. The van der Waals surface area contributed by atoms with Gasteiger partial charge in [0.2, 0.25) is 0 Å². The van der Waals surface area contributed by atoms with E-state index < -0.39 is 0 Å². The predicted octanol–water partition coefficient (Wildman–Crippen LogP) is 0.447. The van der Waals surface area contributed by atoms with Crippen LogP contribution in [0.5, 0.6) is 0 Å². The molecule has 0 atom stereocenters. The van der Waals surface area contributed by atoms with E-state index in [9.17, 15) is 0 Å². The van der Waals surface area contributed by atoms with Crippen molar-refractivity contribution >= 4 is 17.3 Å². The monoisotopic (exact) mass is 212 g/mol. The summed E-state index contributed by atoms with van der Waals surface area (Å²) in [5.74, 6) is 0. The van der Waals surface area contributed by atoms with E-state index in [1.165, 1.54) is 5.56 Å². The highest BCUT2D eigenvalue weighted by atomic mass is 32.1. The third kappa shape index (κ3) is 3.74. The Balaban J connectivity index is 2.18. The summed E-state index contributed by atoms with van der Waals surface area (Å²) in [6, 6.07) is 0. The first kappa shape index (κ1) is 11.0. The summed E-state index contributed by atoms with van der Waals surface area (Å²) in [5.41, 5.74) is 1.22. The van der Waals surface area contributed by atoms with Gasteiger partial charge in [-0.1, -0.05) is 0 Å². The molecule has 14 heavy (non-hydrogen) atoms. The second-order valence-electron chi connectivity index (χ2n) is 3.06. The van der Waals surface area contributed by atoms with Crippen LogP contribution in [0, 0.1) is 0 Å². The van der Waals surface area contributed by atoms with E-state index in [-0.39, 0.29) is 0 Å². The Morgan fingerprint density at radius 3 is 2.93 bits per heavy atom. The van der Waals surface area contributed by atoms with Gasteiger partial charge in [-0.05, 0) is 31.1 Å². The zero-order chi connectivity index (χ0) is 10.4. The SMILES string of the molecule is CCNC(=S)NCCc1cnn(C)c1. The van der Waals surface area contributed by atoms with Crippen molar-refractivity contribution in [3.05, 3.63) is 18.0 Å². The number of aryl methyl sites for hydroxylation is 1. The third-order valence-electron chi connectivity index (χ3n) is 1.79. The van der Waals surface area contributed by atoms with Crippen LogP contribution in [0.4, 0.5) is 0 Å². The molecule has 0 amide bonds. The first-order valence-electron chi connectivity index (χ1n) is 4.71. The van der Waals surface area contributed by atoms with Gasteiger partial charge < -0.3 is 10.6 Å².